The molecule has 0 unspecified atom stereocenters. The number of rotatable bonds is 4. The van der Waals surface area contributed by atoms with Gasteiger partial charge in [0.2, 0.25) is 0 Å². The van der Waals surface area contributed by atoms with E-state index in [0.717, 1.165) is 16.7 Å². The van der Waals surface area contributed by atoms with E-state index in [1.54, 1.807) is 6.33 Å². The van der Waals surface area contributed by atoms with Crippen LogP contribution in [0.15, 0.2) is 47.7 Å². The molecule has 0 N–H and O–H groups in total. The average Bonchev–Trinajstić information content (AvgIpc) is 2.71. The van der Waals surface area contributed by atoms with E-state index >= 15 is 0 Å². The molecule has 3 nitrogen and oxygen atoms in total. The Kier molecular flexibility index (Phi) is 3.74. The van der Waals surface area contributed by atoms with Gasteiger partial charge in [-0.3, -0.25) is 0 Å². The van der Waals surface area contributed by atoms with Gasteiger partial charge in [0, 0.05) is 23.9 Å². The number of allylic oxidation sites excluding steroid dienone is 1. The molecule has 0 spiro atoms. The van der Waals surface area contributed by atoms with Gasteiger partial charge in [0.05, 0.1) is 0 Å². The lowest BCUT2D eigenvalue weighted by Gasteiger charge is -2.12. The molecular formula is C13H14BrN3. The minimum Gasteiger partial charge on any atom is -0.321 e. The first-order valence-electron chi connectivity index (χ1n) is 5.41. The van der Waals surface area contributed by atoms with Crippen LogP contribution in [0, 0.1) is 0 Å². The third-order valence-electron chi connectivity index (χ3n) is 2.77. The zero-order valence-electron chi connectivity index (χ0n) is 9.68. The van der Waals surface area contributed by atoms with E-state index in [1.807, 2.05) is 29.8 Å². The van der Waals surface area contributed by atoms with Crippen molar-refractivity contribution in [3.63, 3.8) is 0 Å². The van der Waals surface area contributed by atoms with Gasteiger partial charge in [0.1, 0.15) is 12.2 Å². The fraction of sp³-hybridized carbons (Fsp3) is 0.231. The molecule has 0 aliphatic rings. The highest BCUT2D eigenvalue weighted by molar-refractivity contribution is 9.10. The Hall–Kier alpha value is -1.42. The molecule has 1 aromatic carbocycles. The van der Waals surface area contributed by atoms with Crippen molar-refractivity contribution in [1.82, 2.24) is 14.8 Å². The number of halogens is 1. The quantitative estimate of drug-likeness (QED) is 0.811. The maximum atomic E-state index is 4.10. The van der Waals surface area contributed by atoms with Crippen molar-refractivity contribution in [2.45, 2.75) is 12.3 Å². The molecule has 0 aliphatic carbocycles. The highest BCUT2D eigenvalue weighted by atomic mass is 79.9. The summed E-state index contributed by atoms with van der Waals surface area (Å²) in [5.74, 6) is 1.23. The Morgan fingerprint density at radius 2 is 2.35 bits per heavy atom. The minimum atomic E-state index is 0.260. The molecule has 0 fully saturated rings. The maximum Gasteiger partial charge on any atom is 0.133 e. The molecule has 88 valence electrons. The van der Waals surface area contributed by atoms with E-state index in [-0.39, 0.29) is 5.92 Å². The van der Waals surface area contributed by atoms with E-state index in [2.05, 4.69) is 44.8 Å². The van der Waals surface area contributed by atoms with Crippen molar-refractivity contribution in [2.75, 3.05) is 0 Å². The molecule has 0 saturated carbocycles. The topological polar surface area (TPSA) is 30.7 Å². The minimum absolute atomic E-state index is 0.260. The summed E-state index contributed by atoms with van der Waals surface area (Å²) in [6.45, 7) is 3.90. The lowest BCUT2D eigenvalue weighted by molar-refractivity contribution is 0.723. The van der Waals surface area contributed by atoms with Crippen LogP contribution in [0.3, 0.4) is 0 Å². The number of hydrogen-bond acceptors (Lipinski definition) is 2. The molecule has 17 heavy (non-hydrogen) atoms. The summed E-state index contributed by atoms with van der Waals surface area (Å²) in [6.07, 6.45) is 4.49. The molecule has 0 bridgehead atoms. The smallest absolute Gasteiger partial charge is 0.133 e. The van der Waals surface area contributed by atoms with Gasteiger partial charge >= 0.3 is 0 Å². The lowest BCUT2D eigenvalue weighted by atomic mass is 9.95. The number of benzene rings is 1. The van der Waals surface area contributed by atoms with Crippen molar-refractivity contribution >= 4 is 15.9 Å². The molecule has 0 radical (unpaired) electrons. The van der Waals surface area contributed by atoms with Gasteiger partial charge in [0.15, 0.2) is 0 Å². The van der Waals surface area contributed by atoms with Gasteiger partial charge < -0.3 is 4.57 Å². The molecule has 4 heteroatoms. The number of nitrogens with zero attached hydrogens (tertiary/aromatic N) is 3. The summed E-state index contributed by atoms with van der Waals surface area (Å²) in [4.78, 5) is 0. The van der Waals surface area contributed by atoms with Crippen LogP contribution in [0.2, 0.25) is 0 Å². The van der Waals surface area contributed by atoms with Crippen LogP contribution in [-0.4, -0.2) is 14.8 Å². The summed E-state index contributed by atoms with van der Waals surface area (Å²) >= 11 is 3.48. The van der Waals surface area contributed by atoms with E-state index < -0.39 is 0 Å². The fourth-order valence-electron chi connectivity index (χ4n) is 1.76. The lowest BCUT2D eigenvalue weighted by Crippen LogP contribution is -2.05. The zero-order chi connectivity index (χ0) is 12.3. The highest BCUT2D eigenvalue weighted by Gasteiger charge is 2.12. The number of aromatic nitrogens is 3. The van der Waals surface area contributed by atoms with Gasteiger partial charge in [-0.05, 0) is 17.7 Å². The van der Waals surface area contributed by atoms with Gasteiger partial charge in [-0.1, -0.05) is 34.1 Å². The van der Waals surface area contributed by atoms with Crippen molar-refractivity contribution < 1.29 is 0 Å². The van der Waals surface area contributed by atoms with E-state index in [4.69, 9.17) is 0 Å². The molecule has 1 atom stereocenters. The predicted octanol–water partition coefficient (Wildman–Crippen LogP) is 3.09. The van der Waals surface area contributed by atoms with E-state index in [0.29, 0.717) is 0 Å². The predicted molar refractivity (Wildman–Crippen MR) is 71.8 cm³/mol. The summed E-state index contributed by atoms with van der Waals surface area (Å²) in [5.41, 5.74) is 1.23. The molecule has 0 aliphatic heterocycles. The average molecular weight is 292 g/mol. The van der Waals surface area contributed by atoms with Crippen LogP contribution in [0.1, 0.15) is 17.3 Å². The molecule has 0 amide bonds. The van der Waals surface area contributed by atoms with E-state index in [1.165, 1.54) is 5.56 Å². The number of aryl methyl sites for hydroxylation is 1. The van der Waals surface area contributed by atoms with Crippen LogP contribution < -0.4 is 0 Å². The van der Waals surface area contributed by atoms with Gasteiger partial charge in [-0.2, -0.15) is 0 Å². The second-order valence-corrected chi connectivity index (χ2v) is 4.88. The van der Waals surface area contributed by atoms with Crippen molar-refractivity contribution in [2.24, 2.45) is 7.05 Å². The second-order valence-electron chi connectivity index (χ2n) is 3.96. The molecule has 2 aromatic rings. The summed E-state index contributed by atoms with van der Waals surface area (Å²) in [5, 5.41) is 7.99. The second kappa shape index (κ2) is 5.27. The van der Waals surface area contributed by atoms with Crippen LogP contribution in [0.25, 0.3) is 0 Å². The fourth-order valence-corrected chi connectivity index (χ4v) is 2.18. The Bertz CT molecular complexity index is 519. The maximum absolute atomic E-state index is 4.10. The SMILES string of the molecule is C=C[C@H](Cc1nncn1C)c1cccc(Br)c1. The molecule has 2 rings (SSSR count). The van der Waals surface area contributed by atoms with Crippen LogP contribution >= 0.6 is 15.9 Å². The Labute approximate surface area is 109 Å². The monoisotopic (exact) mass is 291 g/mol. The van der Waals surface area contributed by atoms with Gasteiger partial charge in [0.25, 0.3) is 0 Å². The van der Waals surface area contributed by atoms with Gasteiger partial charge in [-0.25, -0.2) is 0 Å². The third-order valence-corrected chi connectivity index (χ3v) is 3.26. The van der Waals surface area contributed by atoms with Crippen LogP contribution in [0.4, 0.5) is 0 Å². The largest absolute Gasteiger partial charge is 0.321 e. The van der Waals surface area contributed by atoms with E-state index in [9.17, 15) is 0 Å². The molecule has 0 saturated heterocycles. The molecular weight excluding hydrogens is 278 g/mol. The highest BCUT2D eigenvalue weighted by Crippen LogP contribution is 2.23. The molecule has 1 aromatic heterocycles. The van der Waals surface area contributed by atoms with Crippen molar-refractivity contribution in [3.05, 3.63) is 59.1 Å². The first-order chi connectivity index (χ1) is 8.20. The summed E-state index contributed by atoms with van der Waals surface area (Å²) in [6, 6.07) is 8.27. The van der Waals surface area contributed by atoms with Crippen molar-refractivity contribution in [1.29, 1.82) is 0 Å². The Balaban J connectivity index is 2.23. The van der Waals surface area contributed by atoms with Gasteiger partial charge in [-0.15, -0.1) is 16.8 Å². The normalized spacial score (nSPS) is 12.4. The summed E-state index contributed by atoms with van der Waals surface area (Å²) in [7, 11) is 1.95. The Morgan fingerprint density at radius 3 is 2.94 bits per heavy atom. The van der Waals surface area contributed by atoms with Crippen LogP contribution in [0.5, 0.6) is 0 Å². The van der Waals surface area contributed by atoms with Crippen molar-refractivity contribution in [3.8, 4) is 0 Å². The zero-order valence-corrected chi connectivity index (χ0v) is 11.3. The number of hydrogen-bond donors (Lipinski definition) is 0. The molecule has 1 heterocycles. The first-order valence-corrected chi connectivity index (χ1v) is 6.21. The standard InChI is InChI=1S/C13H14BrN3/c1-3-10(8-13-16-15-9-17(13)2)11-5-4-6-12(14)7-11/h3-7,9-10H,1,8H2,2H3/t10-/m1/s1. The third kappa shape index (κ3) is 2.82. The van der Waals surface area contributed by atoms with Crippen LogP contribution in [-0.2, 0) is 13.5 Å². The Morgan fingerprint density at radius 1 is 1.53 bits per heavy atom. The first kappa shape index (κ1) is 12.0. The summed E-state index contributed by atoms with van der Waals surface area (Å²) < 4.78 is 3.02.